The van der Waals surface area contributed by atoms with Crippen molar-refractivity contribution in [2.75, 3.05) is 18.0 Å². The second kappa shape index (κ2) is 9.52. The number of carbonyl (C=O) groups excluding carboxylic acids is 1. The summed E-state index contributed by atoms with van der Waals surface area (Å²) in [5.41, 5.74) is 4.96. The van der Waals surface area contributed by atoms with Crippen molar-refractivity contribution < 1.29 is 18.4 Å². The van der Waals surface area contributed by atoms with Gasteiger partial charge in [-0.2, -0.15) is 0 Å². The minimum absolute atomic E-state index is 0.135. The molecule has 0 unspecified atom stereocenters. The van der Waals surface area contributed by atoms with E-state index in [1.807, 2.05) is 54.6 Å². The molecule has 1 aliphatic heterocycles. The van der Waals surface area contributed by atoms with Crippen LogP contribution in [0, 0.1) is 0 Å². The smallest absolute Gasteiger partial charge is 0.274 e. The zero-order valence-corrected chi connectivity index (χ0v) is 18.3. The summed E-state index contributed by atoms with van der Waals surface area (Å²) in [4.78, 5) is 13.9. The Morgan fingerprint density at radius 3 is 2.03 bits per heavy atom. The second-order valence-corrected chi connectivity index (χ2v) is 9.47. The molecule has 0 bridgehead atoms. The largest absolute Gasteiger partial charge is 0.371 e. The maximum Gasteiger partial charge on any atom is 0.274 e. The van der Waals surface area contributed by atoms with Gasteiger partial charge in [0.05, 0.1) is 4.90 Å². The lowest BCUT2D eigenvalue weighted by molar-refractivity contribution is 0.0706. The Bertz CT molecular complexity index is 1160. The zero-order chi connectivity index (χ0) is 22.6. The molecule has 32 heavy (non-hydrogen) atoms. The van der Waals surface area contributed by atoms with Crippen molar-refractivity contribution in [2.45, 2.75) is 23.8 Å². The third-order valence-corrected chi connectivity index (χ3v) is 7.22. The van der Waals surface area contributed by atoms with Crippen LogP contribution in [0.2, 0.25) is 0 Å². The lowest BCUT2D eigenvalue weighted by atomic mass is 10.0. The molecule has 0 aliphatic carbocycles. The van der Waals surface area contributed by atoms with E-state index in [1.165, 1.54) is 0 Å². The summed E-state index contributed by atoms with van der Waals surface area (Å²) in [6, 6.07) is 23.6. The number of piperidine rings is 1. The van der Waals surface area contributed by atoms with Crippen LogP contribution in [-0.2, 0) is 10.0 Å². The highest BCUT2D eigenvalue weighted by Crippen LogP contribution is 2.24. The zero-order valence-electron chi connectivity index (χ0n) is 17.4. The number of hydrogen-bond acceptors (Lipinski definition) is 5. The van der Waals surface area contributed by atoms with Crippen molar-refractivity contribution in [3.8, 4) is 11.1 Å². The quantitative estimate of drug-likeness (QED) is 0.394. The molecule has 1 fully saturated rings. The highest BCUT2D eigenvalue weighted by Gasteiger charge is 2.25. The van der Waals surface area contributed by atoms with Gasteiger partial charge in [-0.15, -0.1) is 0 Å². The molecule has 3 aromatic rings. The number of amides is 1. The Hall–Kier alpha value is -3.20. The first-order chi connectivity index (χ1) is 15.5. The first-order valence-corrected chi connectivity index (χ1v) is 11.9. The van der Waals surface area contributed by atoms with Crippen LogP contribution in [0.5, 0.6) is 0 Å². The maximum atomic E-state index is 12.8. The number of hydroxylamine groups is 1. The van der Waals surface area contributed by atoms with E-state index in [0.717, 1.165) is 16.8 Å². The number of rotatable bonds is 6. The van der Waals surface area contributed by atoms with Gasteiger partial charge >= 0.3 is 0 Å². The number of anilines is 1. The minimum atomic E-state index is -3.60. The molecule has 166 valence electrons. The van der Waals surface area contributed by atoms with Gasteiger partial charge in [0.25, 0.3) is 5.91 Å². The Balaban J connectivity index is 1.35. The molecule has 7 nitrogen and oxygen atoms in total. The molecule has 0 aromatic heterocycles. The van der Waals surface area contributed by atoms with Gasteiger partial charge < -0.3 is 4.90 Å². The summed E-state index contributed by atoms with van der Waals surface area (Å²) in [6.45, 7) is 1.40. The lowest BCUT2D eigenvalue weighted by Gasteiger charge is -2.33. The van der Waals surface area contributed by atoms with E-state index in [-0.39, 0.29) is 10.9 Å². The molecular formula is C24H25N3O4S. The van der Waals surface area contributed by atoms with E-state index in [9.17, 15) is 13.2 Å². The van der Waals surface area contributed by atoms with Gasteiger partial charge in [0.2, 0.25) is 10.0 Å². The van der Waals surface area contributed by atoms with Crippen LogP contribution in [0.15, 0.2) is 83.8 Å². The summed E-state index contributed by atoms with van der Waals surface area (Å²) in [6.07, 6.45) is 1.36. The molecule has 0 atom stereocenters. The third kappa shape index (κ3) is 4.99. The van der Waals surface area contributed by atoms with Crippen LogP contribution in [0.25, 0.3) is 11.1 Å². The first kappa shape index (κ1) is 22.0. The fourth-order valence-corrected chi connectivity index (χ4v) is 5.19. The monoisotopic (exact) mass is 451 g/mol. The van der Waals surface area contributed by atoms with E-state index < -0.39 is 15.9 Å². The summed E-state index contributed by atoms with van der Waals surface area (Å²) in [7, 11) is -3.60. The molecule has 1 amide bonds. The molecule has 4 rings (SSSR count). The normalized spacial score (nSPS) is 14.8. The predicted molar refractivity (Wildman–Crippen MR) is 123 cm³/mol. The summed E-state index contributed by atoms with van der Waals surface area (Å²) in [5, 5.41) is 8.71. The highest BCUT2D eigenvalue weighted by molar-refractivity contribution is 7.89. The fraction of sp³-hybridized carbons (Fsp3) is 0.208. The fourth-order valence-electron chi connectivity index (χ4n) is 3.89. The Morgan fingerprint density at radius 1 is 0.844 bits per heavy atom. The van der Waals surface area contributed by atoms with Gasteiger partial charge in [-0.25, -0.2) is 18.6 Å². The van der Waals surface area contributed by atoms with Crippen molar-refractivity contribution >= 4 is 21.6 Å². The molecule has 1 saturated heterocycles. The summed E-state index contributed by atoms with van der Waals surface area (Å²) in [5.74, 6) is -0.554. The molecule has 8 heteroatoms. The van der Waals surface area contributed by atoms with E-state index in [0.29, 0.717) is 31.5 Å². The third-order valence-electron chi connectivity index (χ3n) is 5.68. The van der Waals surface area contributed by atoms with Crippen LogP contribution < -0.4 is 15.1 Å². The standard InChI is InChI=1S/C24H25N3O4S/c28-24(25-29)20-6-10-22(11-7-20)27-16-14-21(15-17-27)26-32(30,31)23-12-8-19(9-13-23)18-4-2-1-3-5-18/h1-13,21,26,29H,14-17H2,(H,25,28). The van der Waals surface area contributed by atoms with Crippen LogP contribution in [0.1, 0.15) is 23.2 Å². The van der Waals surface area contributed by atoms with Crippen molar-refractivity contribution in [3.05, 3.63) is 84.4 Å². The van der Waals surface area contributed by atoms with Crippen molar-refractivity contribution in [1.82, 2.24) is 10.2 Å². The molecule has 1 heterocycles. The van der Waals surface area contributed by atoms with Crippen molar-refractivity contribution in [1.29, 1.82) is 0 Å². The van der Waals surface area contributed by atoms with Gasteiger partial charge in [0, 0.05) is 30.4 Å². The Morgan fingerprint density at radius 2 is 1.44 bits per heavy atom. The highest BCUT2D eigenvalue weighted by atomic mass is 32.2. The van der Waals surface area contributed by atoms with Gasteiger partial charge in [-0.3, -0.25) is 10.0 Å². The number of nitrogens with one attached hydrogen (secondary N) is 2. The van der Waals surface area contributed by atoms with E-state index in [1.54, 1.807) is 29.7 Å². The van der Waals surface area contributed by atoms with Crippen LogP contribution in [-0.4, -0.2) is 38.7 Å². The number of nitrogens with zero attached hydrogens (tertiary/aromatic N) is 1. The summed E-state index contributed by atoms with van der Waals surface area (Å²) < 4.78 is 28.5. The van der Waals surface area contributed by atoms with Crippen molar-refractivity contribution in [2.24, 2.45) is 0 Å². The lowest BCUT2D eigenvalue weighted by Crippen LogP contribution is -2.44. The van der Waals surface area contributed by atoms with Crippen LogP contribution >= 0.6 is 0 Å². The van der Waals surface area contributed by atoms with Gasteiger partial charge in [-0.1, -0.05) is 42.5 Å². The molecule has 3 N–H and O–H groups in total. The first-order valence-electron chi connectivity index (χ1n) is 10.4. The average molecular weight is 452 g/mol. The molecule has 0 saturated carbocycles. The average Bonchev–Trinajstić information content (AvgIpc) is 2.84. The number of hydrogen-bond donors (Lipinski definition) is 3. The van der Waals surface area contributed by atoms with E-state index >= 15 is 0 Å². The second-order valence-electron chi connectivity index (χ2n) is 7.76. The van der Waals surface area contributed by atoms with Crippen LogP contribution in [0.4, 0.5) is 5.69 Å². The topological polar surface area (TPSA) is 98.7 Å². The predicted octanol–water partition coefficient (Wildman–Crippen LogP) is 3.42. The molecule has 1 aliphatic rings. The van der Waals surface area contributed by atoms with Crippen molar-refractivity contribution in [3.63, 3.8) is 0 Å². The van der Waals surface area contributed by atoms with E-state index in [2.05, 4.69) is 9.62 Å². The Kier molecular flexibility index (Phi) is 6.55. The maximum absolute atomic E-state index is 12.8. The molecule has 3 aromatic carbocycles. The molecular weight excluding hydrogens is 426 g/mol. The Labute approximate surface area is 187 Å². The van der Waals surface area contributed by atoms with Gasteiger partial charge in [-0.05, 0) is 60.4 Å². The van der Waals surface area contributed by atoms with Gasteiger partial charge in [0.1, 0.15) is 0 Å². The summed E-state index contributed by atoms with van der Waals surface area (Å²) >= 11 is 0. The number of sulfonamides is 1. The number of benzene rings is 3. The van der Waals surface area contributed by atoms with Crippen LogP contribution in [0.3, 0.4) is 0 Å². The number of carbonyl (C=O) groups is 1. The van der Waals surface area contributed by atoms with Gasteiger partial charge in [0.15, 0.2) is 0 Å². The molecule has 0 spiro atoms. The minimum Gasteiger partial charge on any atom is -0.371 e. The molecule has 0 radical (unpaired) electrons. The SMILES string of the molecule is O=C(NO)c1ccc(N2CCC(NS(=O)(=O)c3ccc(-c4ccccc4)cc3)CC2)cc1. The van der Waals surface area contributed by atoms with E-state index in [4.69, 9.17) is 5.21 Å².